The number of anilines is 2. The average molecular weight is 387 g/mol. The van der Waals surface area contributed by atoms with Gasteiger partial charge in [-0.25, -0.2) is 0 Å². The molecule has 0 spiro atoms. The second kappa shape index (κ2) is 11.7. The lowest BCUT2D eigenvalue weighted by molar-refractivity contribution is 0.445. The van der Waals surface area contributed by atoms with Crippen LogP contribution in [0.5, 0.6) is 0 Å². The number of nitrogens with zero attached hydrogens (tertiary/aromatic N) is 1. The molecule has 0 heterocycles. The summed E-state index contributed by atoms with van der Waals surface area (Å²) in [4.78, 5) is 4.64. The molecule has 28 heavy (non-hydrogen) atoms. The zero-order chi connectivity index (χ0) is 20.4. The molecule has 0 saturated heterocycles. The highest BCUT2D eigenvalue weighted by molar-refractivity contribution is 5.82. The minimum absolute atomic E-state index is 0.0596. The molecule has 0 aromatic heterocycles. The molecule has 1 aliphatic rings. The molecule has 1 aromatic rings. The molecule has 0 amide bonds. The van der Waals surface area contributed by atoms with Crippen LogP contribution in [0.2, 0.25) is 0 Å². The molecule has 6 nitrogen and oxygen atoms in total. The summed E-state index contributed by atoms with van der Waals surface area (Å²) in [6, 6.07) is 6.72. The molecular formula is C22H38N6. The van der Waals surface area contributed by atoms with Crippen LogP contribution in [0, 0.1) is 5.92 Å². The Balaban J connectivity index is 2.05. The minimum atomic E-state index is -0.0596. The van der Waals surface area contributed by atoms with Crippen molar-refractivity contribution in [3.8, 4) is 0 Å². The van der Waals surface area contributed by atoms with Gasteiger partial charge in [-0.15, -0.1) is 0 Å². The summed E-state index contributed by atoms with van der Waals surface area (Å²) in [5.41, 5.74) is 27.7. The highest BCUT2D eigenvalue weighted by Crippen LogP contribution is 2.31. The highest BCUT2D eigenvalue weighted by atomic mass is 14.9. The lowest BCUT2D eigenvalue weighted by atomic mass is 9.90. The lowest BCUT2D eigenvalue weighted by Gasteiger charge is -2.28. The molecule has 1 aliphatic carbocycles. The van der Waals surface area contributed by atoms with E-state index < -0.39 is 0 Å². The fourth-order valence-electron chi connectivity index (χ4n) is 3.60. The van der Waals surface area contributed by atoms with Gasteiger partial charge in [-0.2, -0.15) is 0 Å². The molecule has 0 aliphatic heterocycles. The predicted octanol–water partition coefficient (Wildman–Crippen LogP) is 2.95. The fourth-order valence-corrected chi connectivity index (χ4v) is 3.60. The molecule has 1 fully saturated rings. The molecule has 2 atom stereocenters. The van der Waals surface area contributed by atoms with Crippen molar-refractivity contribution in [3.63, 3.8) is 0 Å². The third kappa shape index (κ3) is 6.24. The Labute approximate surface area is 169 Å². The molecule has 0 bridgehead atoms. The zero-order valence-electron chi connectivity index (χ0n) is 17.2. The van der Waals surface area contributed by atoms with Gasteiger partial charge in [0, 0.05) is 42.6 Å². The van der Waals surface area contributed by atoms with E-state index in [0.29, 0.717) is 18.5 Å². The number of nitrogen functional groups attached to an aromatic ring is 1. The van der Waals surface area contributed by atoms with E-state index in [4.69, 9.17) is 22.9 Å². The van der Waals surface area contributed by atoms with Gasteiger partial charge in [-0.05, 0) is 74.0 Å². The van der Waals surface area contributed by atoms with Crippen LogP contribution >= 0.6 is 0 Å². The van der Waals surface area contributed by atoms with Crippen LogP contribution < -0.4 is 28.3 Å². The molecule has 1 aromatic carbocycles. The molecule has 0 radical (unpaired) electrons. The number of rotatable bonds is 12. The van der Waals surface area contributed by atoms with Crippen LogP contribution in [0.15, 0.2) is 35.0 Å². The van der Waals surface area contributed by atoms with E-state index in [0.717, 1.165) is 54.9 Å². The summed E-state index contributed by atoms with van der Waals surface area (Å²) in [7, 11) is 0. The first-order valence-corrected chi connectivity index (χ1v) is 10.6. The summed E-state index contributed by atoms with van der Waals surface area (Å²) < 4.78 is 0. The Bertz CT molecular complexity index is 650. The van der Waals surface area contributed by atoms with Gasteiger partial charge in [0.15, 0.2) is 0 Å². The van der Waals surface area contributed by atoms with E-state index in [1.807, 2.05) is 12.3 Å². The van der Waals surface area contributed by atoms with Crippen molar-refractivity contribution in [2.45, 2.75) is 57.4 Å². The monoisotopic (exact) mass is 386 g/mol. The second-order valence-corrected chi connectivity index (χ2v) is 7.77. The van der Waals surface area contributed by atoms with E-state index in [9.17, 15) is 0 Å². The summed E-state index contributed by atoms with van der Waals surface area (Å²) in [5.74, 6) is 0.493. The van der Waals surface area contributed by atoms with Crippen LogP contribution in [-0.4, -0.2) is 31.9 Å². The molecular weight excluding hydrogens is 348 g/mol. The average Bonchev–Trinajstić information content (AvgIpc) is 2.67. The van der Waals surface area contributed by atoms with Gasteiger partial charge in [-0.3, -0.25) is 4.99 Å². The zero-order valence-corrected chi connectivity index (χ0v) is 17.2. The summed E-state index contributed by atoms with van der Waals surface area (Å²) >= 11 is 0. The van der Waals surface area contributed by atoms with E-state index in [-0.39, 0.29) is 5.92 Å². The quantitative estimate of drug-likeness (QED) is 0.279. The number of nitrogens with one attached hydrogen (secondary N) is 1. The van der Waals surface area contributed by atoms with Crippen molar-refractivity contribution in [2.75, 3.05) is 30.7 Å². The molecule has 1 saturated carbocycles. The van der Waals surface area contributed by atoms with Crippen molar-refractivity contribution in [2.24, 2.45) is 28.1 Å². The molecule has 2 unspecified atom stereocenters. The largest absolute Gasteiger partial charge is 0.404 e. The van der Waals surface area contributed by atoms with Crippen LogP contribution in [-0.2, 0) is 0 Å². The van der Waals surface area contributed by atoms with E-state index in [1.165, 1.54) is 19.3 Å². The minimum Gasteiger partial charge on any atom is -0.404 e. The maximum Gasteiger partial charge on any atom is 0.0417 e. The summed E-state index contributed by atoms with van der Waals surface area (Å²) in [6.45, 7) is 4.14. The molecule has 6 heteroatoms. The number of aliphatic imine (C=N–C) groups is 1. The van der Waals surface area contributed by atoms with Crippen LogP contribution in [0.4, 0.5) is 11.4 Å². The second-order valence-electron chi connectivity index (χ2n) is 7.77. The SMILES string of the molecule is CCC(CCCN)CN=CC(=CN)C(CN)c1ccc(NC2CCC2)cc1N. The first-order valence-electron chi connectivity index (χ1n) is 10.6. The number of benzene rings is 1. The fraction of sp³-hybridized carbons (Fsp3) is 0.591. The van der Waals surface area contributed by atoms with Crippen molar-refractivity contribution in [1.82, 2.24) is 0 Å². The van der Waals surface area contributed by atoms with E-state index >= 15 is 0 Å². The number of hydrogen-bond acceptors (Lipinski definition) is 6. The summed E-state index contributed by atoms with van der Waals surface area (Å²) in [5, 5.41) is 3.53. The van der Waals surface area contributed by atoms with Gasteiger partial charge in [-0.1, -0.05) is 19.4 Å². The van der Waals surface area contributed by atoms with Crippen molar-refractivity contribution in [1.29, 1.82) is 0 Å². The first-order chi connectivity index (χ1) is 13.6. The third-order valence-electron chi connectivity index (χ3n) is 5.77. The normalized spacial score (nSPS) is 17.5. The molecule has 156 valence electrons. The van der Waals surface area contributed by atoms with E-state index in [1.54, 1.807) is 6.20 Å². The standard InChI is InChI=1S/C22H38N6/c1-2-16(5-4-10-23)14-27-15-17(12-24)21(13-25)20-9-8-19(11-22(20)26)28-18-6-3-7-18/h8-9,11-12,15-16,18,21,28H,2-7,10,13-14,23-26H2,1H3. The van der Waals surface area contributed by atoms with Crippen LogP contribution in [0.25, 0.3) is 0 Å². The Morgan fingerprint density at radius 1 is 1.32 bits per heavy atom. The Morgan fingerprint density at radius 2 is 2.11 bits per heavy atom. The molecule has 9 N–H and O–H groups in total. The molecule has 2 rings (SSSR count). The van der Waals surface area contributed by atoms with Gasteiger partial charge < -0.3 is 28.3 Å². The first kappa shape index (κ1) is 22.2. The predicted molar refractivity (Wildman–Crippen MR) is 122 cm³/mol. The maximum atomic E-state index is 6.36. The maximum absolute atomic E-state index is 6.36. The van der Waals surface area contributed by atoms with Gasteiger partial charge in [0.05, 0.1) is 0 Å². The number of hydrogen-bond donors (Lipinski definition) is 5. The number of nitrogens with two attached hydrogens (primary N) is 4. The highest BCUT2D eigenvalue weighted by Gasteiger charge is 2.19. The van der Waals surface area contributed by atoms with Crippen LogP contribution in [0.1, 0.15) is 56.9 Å². The van der Waals surface area contributed by atoms with Crippen molar-refractivity contribution >= 4 is 17.6 Å². The van der Waals surface area contributed by atoms with Gasteiger partial charge in [0.1, 0.15) is 0 Å². The van der Waals surface area contributed by atoms with Gasteiger partial charge >= 0.3 is 0 Å². The van der Waals surface area contributed by atoms with Crippen molar-refractivity contribution in [3.05, 3.63) is 35.5 Å². The third-order valence-corrected chi connectivity index (χ3v) is 5.77. The van der Waals surface area contributed by atoms with Crippen molar-refractivity contribution < 1.29 is 0 Å². The lowest BCUT2D eigenvalue weighted by Crippen LogP contribution is -2.27. The van der Waals surface area contributed by atoms with Gasteiger partial charge in [0.25, 0.3) is 0 Å². The van der Waals surface area contributed by atoms with Crippen LogP contribution in [0.3, 0.4) is 0 Å². The van der Waals surface area contributed by atoms with E-state index in [2.05, 4.69) is 29.4 Å². The Hall–Kier alpha value is -2.05. The smallest absolute Gasteiger partial charge is 0.0417 e. The topological polar surface area (TPSA) is 128 Å². The van der Waals surface area contributed by atoms with Gasteiger partial charge in [0.2, 0.25) is 0 Å². The Morgan fingerprint density at radius 3 is 2.64 bits per heavy atom. The summed E-state index contributed by atoms with van der Waals surface area (Å²) in [6.07, 6.45) is 10.5. The Kier molecular flexibility index (Phi) is 9.31.